The van der Waals surface area contributed by atoms with Gasteiger partial charge in [-0.3, -0.25) is 4.90 Å². The minimum atomic E-state index is -0.111. The van der Waals surface area contributed by atoms with Crippen LogP contribution in [0.15, 0.2) is 30.3 Å². The summed E-state index contributed by atoms with van der Waals surface area (Å²) in [7, 11) is 2.06. The highest BCUT2D eigenvalue weighted by Gasteiger charge is 2.32. The lowest BCUT2D eigenvalue weighted by atomic mass is 10.2. The maximum absolute atomic E-state index is 11.9. The van der Waals surface area contributed by atoms with E-state index in [4.69, 9.17) is 4.74 Å². The molecule has 3 rings (SSSR count). The third-order valence-electron chi connectivity index (χ3n) is 5.03. The number of hydrogen-bond acceptors (Lipinski definition) is 4. The minimum absolute atomic E-state index is 0.111. The van der Waals surface area contributed by atoms with E-state index in [1.165, 1.54) is 24.9 Å². The zero-order valence-electron chi connectivity index (χ0n) is 15.1. The molecule has 2 amide bonds. The first-order chi connectivity index (χ1) is 12.2. The van der Waals surface area contributed by atoms with E-state index >= 15 is 0 Å². The average Bonchev–Trinajstić information content (AvgIpc) is 3.08. The van der Waals surface area contributed by atoms with Crippen molar-refractivity contribution < 1.29 is 9.53 Å². The highest BCUT2D eigenvalue weighted by atomic mass is 16.5. The van der Waals surface area contributed by atoms with Gasteiger partial charge in [0.15, 0.2) is 0 Å². The highest BCUT2D eigenvalue weighted by Crippen LogP contribution is 2.22. The molecule has 2 aliphatic heterocycles. The number of likely N-dealkylation sites (N-methyl/N-ethyl adjacent to an activating group) is 1. The van der Waals surface area contributed by atoms with Crippen LogP contribution in [0.5, 0.6) is 0 Å². The Hall–Kier alpha value is -1.63. The van der Waals surface area contributed by atoms with Crippen LogP contribution in [0.4, 0.5) is 4.79 Å². The van der Waals surface area contributed by atoms with Gasteiger partial charge >= 0.3 is 6.03 Å². The molecule has 2 heterocycles. The van der Waals surface area contributed by atoms with Gasteiger partial charge in [0.05, 0.1) is 12.7 Å². The standard InChI is InChI=1S/C19H30N4O2/c1-22(13-16-6-3-2-4-7-16)11-9-20-19(24)21-12-18-14-23-10-5-8-17(23)15-25-18/h2-4,6-7,17-18H,5,8-15H2,1H3,(H2,20,21,24)/t17-,18+/m1/s1. The molecule has 138 valence electrons. The third-order valence-corrected chi connectivity index (χ3v) is 5.03. The van der Waals surface area contributed by atoms with Crippen LogP contribution < -0.4 is 10.6 Å². The van der Waals surface area contributed by atoms with Crippen molar-refractivity contribution in [2.45, 2.75) is 31.5 Å². The van der Waals surface area contributed by atoms with E-state index in [9.17, 15) is 4.79 Å². The number of amides is 2. The van der Waals surface area contributed by atoms with Crippen LogP contribution in [0.2, 0.25) is 0 Å². The first-order valence-corrected chi connectivity index (χ1v) is 9.30. The van der Waals surface area contributed by atoms with Gasteiger partial charge in [-0.05, 0) is 32.0 Å². The van der Waals surface area contributed by atoms with E-state index in [1.54, 1.807) is 0 Å². The molecule has 0 radical (unpaired) electrons. The summed E-state index contributed by atoms with van der Waals surface area (Å²) in [5.74, 6) is 0. The van der Waals surface area contributed by atoms with Gasteiger partial charge in [-0.25, -0.2) is 4.79 Å². The molecule has 6 heteroatoms. The van der Waals surface area contributed by atoms with Crippen molar-refractivity contribution in [3.8, 4) is 0 Å². The Morgan fingerprint density at radius 2 is 2.16 bits per heavy atom. The summed E-state index contributed by atoms with van der Waals surface area (Å²) in [6.45, 7) is 5.83. The topological polar surface area (TPSA) is 56.8 Å². The van der Waals surface area contributed by atoms with Crippen LogP contribution in [0, 0.1) is 0 Å². The molecule has 2 N–H and O–H groups in total. The smallest absolute Gasteiger partial charge is 0.314 e. The summed E-state index contributed by atoms with van der Waals surface area (Å²) in [5.41, 5.74) is 1.28. The molecule has 1 aromatic carbocycles. The Balaban J connectivity index is 1.27. The van der Waals surface area contributed by atoms with Crippen molar-refractivity contribution in [3.05, 3.63) is 35.9 Å². The molecule has 0 spiro atoms. The lowest BCUT2D eigenvalue weighted by Gasteiger charge is -2.35. The molecule has 6 nitrogen and oxygen atoms in total. The molecule has 0 saturated carbocycles. The number of carbonyl (C=O) groups is 1. The van der Waals surface area contributed by atoms with Crippen LogP contribution >= 0.6 is 0 Å². The number of nitrogens with zero attached hydrogens (tertiary/aromatic N) is 2. The van der Waals surface area contributed by atoms with Crippen molar-refractivity contribution in [2.75, 3.05) is 46.4 Å². The Kier molecular flexibility index (Phi) is 6.67. The Morgan fingerprint density at radius 3 is 3.00 bits per heavy atom. The molecule has 2 atom stereocenters. The van der Waals surface area contributed by atoms with Gasteiger partial charge in [0.25, 0.3) is 0 Å². The van der Waals surface area contributed by atoms with E-state index in [0.717, 1.165) is 26.2 Å². The minimum Gasteiger partial charge on any atom is -0.373 e. The second kappa shape index (κ2) is 9.17. The predicted octanol–water partition coefficient (Wildman–Crippen LogP) is 1.28. The average molecular weight is 346 g/mol. The summed E-state index contributed by atoms with van der Waals surface area (Å²) < 4.78 is 5.86. The van der Waals surface area contributed by atoms with E-state index < -0.39 is 0 Å². The molecule has 0 aromatic heterocycles. The number of morpholine rings is 1. The van der Waals surface area contributed by atoms with Gasteiger partial charge in [-0.15, -0.1) is 0 Å². The molecular formula is C19H30N4O2. The number of nitrogens with one attached hydrogen (secondary N) is 2. The molecular weight excluding hydrogens is 316 g/mol. The number of carbonyl (C=O) groups excluding carboxylic acids is 1. The number of ether oxygens (including phenoxy) is 1. The molecule has 2 aliphatic rings. The normalized spacial score (nSPS) is 23.4. The molecule has 0 unspecified atom stereocenters. The van der Waals surface area contributed by atoms with Gasteiger partial charge in [0.1, 0.15) is 0 Å². The lowest BCUT2D eigenvalue weighted by Crippen LogP contribution is -2.51. The summed E-state index contributed by atoms with van der Waals surface area (Å²) >= 11 is 0. The van der Waals surface area contributed by atoms with Crippen molar-refractivity contribution in [1.82, 2.24) is 20.4 Å². The summed E-state index contributed by atoms with van der Waals surface area (Å²) in [4.78, 5) is 16.6. The van der Waals surface area contributed by atoms with Crippen LogP contribution in [0.3, 0.4) is 0 Å². The Labute approximate surface area is 150 Å². The quantitative estimate of drug-likeness (QED) is 0.781. The molecule has 2 fully saturated rings. The summed E-state index contributed by atoms with van der Waals surface area (Å²) in [6.07, 6.45) is 2.63. The molecule has 1 aromatic rings. The van der Waals surface area contributed by atoms with Crippen LogP contribution in [0.25, 0.3) is 0 Å². The Bertz CT molecular complexity index is 539. The van der Waals surface area contributed by atoms with Crippen LogP contribution in [-0.2, 0) is 11.3 Å². The van der Waals surface area contributed by atoms with Gasteiger partial charge in [-0.2, -0.15) is 0 Å². The van der Waals surface area contributed by atoms with Crippen molar-refractivity contribution in [1.29, 1.82) is 0 Å². The maximum atomic E-state index is 11.9. The largest absolute Gasteiger partial charge is 0.373 e. The third kappa shape index (κ3) is 5.70. The van der Waals surface area contributed by atoms with Gasteiger partial charge < -0.3 is 20.3 Å². The highest BCUT2D eigenvalue weighted by molar-refractivity contribution is 5.73. The first-order valence-electron chi connectivity index (χ1n) is 9.30. The second-order valence-electron chi connectivity index (χ2n) is 7.11. The Morgan fingerprint density at radius 1 is 1.32 bits per heavy atom. The SMILES string of the molecule is CN(CCNC(=O)NC[C@H]1CN2CCC[C@@H]2CO1)Cc1ccccc1. The zero-order chi connectivity index (χ0) is 17.5. The second-order valence-corrected chi connectivity index (χ2v) is 7.11. The lowest BCUT2D eigenvalue weighted by molar-refractivity contribution is -0.0457. The summed E-state index contributed by atoms with van der Waals surface area (Å²) in [5, 5.41) is 5.86. The zero-order valence-corrected chi connectivity index (χ0v) is 15.1. The number of hydrogen-bond donors (Lipinski definition) is 2. The number of benzene rings is 1. The van der Waals surface area contributed by atoms with Gasteiger partial charge in [0.2, 0.25) is 0 Å². The number of fused-ring (bicyclic) bond motifs is 1. The number of urea groups is 1. The fraction of sp³-hybridized carbons (Fsp3) is 0.632. The van der Waals surface area contributed by atoms with Crippen molar-refractivity contribution in [2.24, 2.45) is 0 Å². The fourth-order valence-corrected chi connectivity index (χ4v) is 3.61. The molecule has 25 heavy (non-hydrogen) atoms. The van der Waals surface area contributed by atoms with Gasteiger partial charge in [-0.1, -0.05) is 30.3 Å². The molecule has 0 aliphatic carbocycles. The van der Waals surface area contributed by atoms with Crippen LogP contribution in [0.1, 0.15) is 18.4 Å². The van der Waals surface area contributed by atoms with Crippen molar-refractivity contribution in [3.63, 3.8) is 0 Å². The van der Waals surface area contributed by atoms with Crippen molar-refractivity contribution >= 4 is 6.03 Å². The molecule has 2 saturated heterocycles. The summed E-state index contributed by atoms with van der Waals surface area (Å²) in [6, 6.07) is 10.8. The van der Waals surface area contributed by atoms with E-state index in [0.29, 0.717) is 19.1 Å². The first kappa shape index (κ1) is 18.2. The van der Waals surface area contributed by atoms with E-state index in [2.05, 4.69) is 39.6 Å². The number of rotatable bonds is 7. The monoisotopic (exact) mass is 346 g/mol. The van der Waals surface area contributed by atoms with Crippen LogP contribution in [-0.4, -0.2) is 74.4 Å². The maximum Gasteiger partial charge on any atom is 0.314 e. The van der Waals surface area contributed by atoms with E-state index in [1.807, 2.05) is 18.2 Å². The predicted molar refractivity (Wildman–Crippen MR) is 98.5 cm³/mol. The fourth-order valence-electron chi connectivity index (χ4n) is 3.61. The van der Waals surface area contributed by atoms with E-state index in [-0.39, 0.29) is 12.1 Å². The van der Waals surface area contributed by atoms with Gasteiger partial charge in [0, 0.05) is 38.8 Å². The molecule has 0 bridgehead atoms.